The fourth-order valence-electron chi connectivity index (χ4n) is 6.87. The van der Waals surface area contributed by atoms with Gasteiger partial charge in [-0.15, -0.1) is 0 Å². The Balaban J connectivity index is 1.36. The van der Waals surface area contributed by atoms with E-state index in [2.05, 4.69) is 0 Å². The van der Waals surface area contributed by atoms with Gasteiger partial charge < -0.3 is 18.9 Å². The molecule has 2 aromatic carbocycles. The Bertz CT molecular complexity index is 1870. The molecule has 3 aliphatic rings. The molecule has 4 aromatic rings. The van der Waals surface area contributed by atoms with E-state index in [9.17, 15) is 19.2 Å². The SMILES string of the molecule is COc1ccc2c3c(n(CC(=O)N4C[C@H]5C[C@@H](C4)c4cccc(=O)n4C5)c(=O)c2c1OC)-c1ccccc1C3=O. The molecular weight excluding hydrogens is 510 g/mol. The molecule has 0 unspecified atom stereocenters. The van der Waals surface area contributed by atoms with Gasteiger partial charge in [-0.1, -0.05) is 30.3 Å². The summed E-state index contributed by atoms with van der Waals surface area (Å²) in [4.78, 5) is 56.0. The van der Waals surface area contributed by atoms with Crippen LogP contribution in [0.3, 0.4) is 0 Å². The minimum Gasteiger partial charge on any atom is -0.493 e. The molecule has 9 nitrogen and oxygen atoms in total. The summed E-state index contributed by atoms with van der Waals surface area (Å²) in [7, 11) is 2.94. The lowest BCUT2D eigenvalue weighted by molar-refractivity contribution is -0.134. The van der Waals surface area contributed by atoms with Gasteiger partial charge in [0, 0.05) is 53.8 Å². The zero-order valence-corrected chi connectivity index (χ0v) is 22.2. The molecule has 40 heavy (non-hydrogen) atoms. The summed E-state index contributed by atoms with van der Waals surface area (Å²) >= 11 is 0. The molecule has 0 radical (unpaired) electrons. The number of carbonyl (C=O) groups is 2. The molecule has 7 rings (SSSR count). The van der Waals surface area contributed by atoms with Crippen LogP contribution in [0.15, 0.2) is 64.2 Å². The van der Waals surface area contributed by atoms with Crippen molar-refractivity contribution in [2.45, 2.75) is 25.4 Å². The molecule has 1 fully saturated rings. The highest BCUT2D eigenvalue weighted by molar-refractivity contribution is 6.27. The first-order valence-electron chi connectivity index (χ1n) is 13.3. The first kappa shape index (κ1) is 24.4. The summed E-state index contributed by atoms with van der Waals surface area (Å²) in [5.74, 6) is 0.400. The van der Waals surface area contributed by atoms with Crippen LogP contribution in [0.5, 0.6) is 11.5 Å². The maximum absolute atomic E-state index is 14.2. The summed E-state index contributed by atoms with van der Waals surface area (Å²) in [6, 6.07) is 15.9. The number of carbonyl (C=O) groups excluding carboxylic acids is 2. The zero-order chi connectivity index (χ0) is 27.7. The number of hydrogen-bond acceptors (Lipinski definition) is 6. The van der Waals surface area contributed by atoms with Crippen LogP contribution in [0.2, 0.25) is 0 Å². The molecule has 2 aromatic heterocycles. The number of methoxy groups -OCH3 is 2. The summed E-state index contributed by atoms with van der Waals surface area (Å²) in [5, 5.41) is 0.676. The van der Waals surface area contributed by atoms with E-state index < -0.39 is 5.56 Å². The standard InChI is InChI=1S/C31H27N3O6/c1-39-23-11-10-21-26-28(19-6-3-4-7-20(19)29(26)37)34(31(38)27(21)30(23)40-2)16-25(36)32-13-17-12-18(15-32)22-8-5-9-24(35)33(22)14-17/h3-11,17-18H,12-16H2,1-2H3/t17-,18+/m1/s1. The summed E-state index contributed by atoms with van der Waals surface area (Å²) in [6.45, 7) is 1.32. The number of hydrogen-bond donors (Lipinski definition) is 0. The minimum absolute atomic E-state index is 0.0158. The number of ether oxygens (including phenoxy) is 2. The molecule has 0 N–H and O–H groups in total. The molecule has 0 spiro atoms. The van der Waals surface area contributed by atoms with Crippen molar-refractivity contribution in [3.05, 3.63) is 92.1 Å². The second-order valence-electron chi connectivity index (χ2n) is 10.7. The average molecular weight is 538 g/mol. The molecule has 0 saturated carbocycles. The van der Waals surface area contributed by atoms with Crippen LogP contribution in [-0.4, -0.2) is 53.0 Å². The van der Waals surface area contributed by atoms with Gasteiger partial charge in [-0.05, 0) is 30.5 Å². The first-order chi connectivity index (χ1) is 19.4. The quantitative estimate of drug-likeness (QED) is 0.350. The van der Waals surface area contributed by atoms with Gasteiger partial charge in [0.15, 0.2) is 17.3 Å². The third kappa shape index (κ3) is 3.40. The molecular formula is C31H27N3O6. The van der Waals surface area contributed by atoms with Crippen molar-refractivity contribution in [3.8, 4) is 22.8 Å². The number of rotatable bonds is 4. The smallest absolute Gasteiger partial charge is 0.263 e. The van der Waals surface area contributed by atoms with Crippen molar-refractivity contribution in [1.82, 2.24) is 14.0 Å². The highest BCUT2D eigenvalue weighted by atomic mass is 16.5. The Morgan fingerprint density at radius 1 is 0.900 bits per heavy atom. The molecule has 2 atom stereocenters. The Hall–Kier alpha value is -4.66. The predicted octanol–water partition coefficient (Wildman–Crippen LogP) is 3.04. The maximum atomic E-state index is 14.2. The van der Waals surface area contributed by atoms with Gasteiger partial charge >= 0.3 is 0 Å². The fraction of sp³-hybridized carbons (Fsp3) is 0.290. The van der Waals surface area contributed by atoms with Crippen LogP contribution < -0.4 is 20.6 Å². The number of likely N-dealkylation sites (tertiary alicyclic amines) is 1. The molecule has 202 valence electrons. The molecule has 2 bridgehead atoms. The number of nitrogens with zero attached hydrogens (tertiary/aromatic N) is 3. The molecule has 1 amide bonds. The Morgan fingerprint density at radius 2 is 1.70 bits per heavy atom. The Labute approximate surface area is 229 Å². The van der Waals surface area contributed by atoms with Crippen LogP contribution in [0.4, 0.5) is 0 Å². The normalized spacial score (nSPS) is 18.8. The van der Waals surface area contributed by atoms with Gasteiger partial charge in [0.25, 0.3) is 11.1 Å². The minimum atomic E-state index is -0.420. The molecule has 1 aliphatic carbocycles. The van der Waals surface area contributed by atoms with Crippen LogP contribution in [0.1, 0.15) is 34.0 Å². The lowest BCUT2D eigenvalue weighted by Gasteiger charge is -2.42. The third-order valence-corrected chi connectivity index (χ3v) is 8.56. The Morgan fingerprint density at radius 3 is 2.48 bits per heavy atom. The van der Waals surface area contributed by atoms with E-state index in [-0.39, 0.29) is 46.8 Å². The van der Waals surface area contributed by atoms with Gasteiger partial charge in [0.05, 0.1) is 30.9 Å². The van der Waals surface area contributed by atoms with Crippen LogP contribution in [0.25, 0.3) is 22.0 Å². The van der Waals surface area contributed by atoms with E-state index in [0.29, 0.717) is 53.2 Å². The average Bonchev–Trinajstić information content (AvgIpc) is 3.27. The topological polar surface area (TPSA) is 99.8 Å². The molecule has 4 heterocycles. The second-order valence-corrected chi connectivity index (χ2v) is 10.7. The number of benzene rings is 2. The summed E-state index contributed by atoms with van der Waals surface area (Å²) in [5.41, 5.74) is 2.47. The second kappa shape index (κ2) is 8.94. The number of fused-ring (bicyclic) bond motifs is 9. The first-order valence-corrected chi connectivity index (χ1v) is 13.3. The van der Waals surface area contributed by atoms with E-state index >= 15 is 0 Å². The van der Waals surface area contributed by atoms with E-state index in [1.807, 2.05) is 22.8 Å². The van der Waals surface area contributed by atoms with Gasteiger partial charge in [-0.3, -0.25) is 23.7 Å². The van der Waals surface area contributed by atoms with Gasteiger partial charge in [-0.2, -0.15) is 0 Å². The number of pyridine rings is 2. The van der Waals surface area contributed by atoms with E-state index in [0.717, 1.165) is 12.1 Å². The van der Waals surface area contributed by atoms with E-state index in [1.54, 1.807) is 41.3 Å². The van der Waals surface area contributed by atoms with Crippen molar-refractivity contribution < 1.29 is 19.1 Å². The van der Waals surface area contributed by atoms with Gasteiger partial charge in [-0.25, -0.2) is 0 Å². The van der Waals surface area contributed by atoms with Crippen LogP contribution in [0, 0.1) is 5.92 Å². The van der Waals surface area contributed by atoms with Crippen LogP contribution in [-0.2, 0) is 17.9 Å². The number of amides is 1. The lowest BCUT2D eigenvalue weighted by atomic mass is 9.83. The monoisotopic (exact) mass is 537 g/mol. The summed E-state index contributed by atoms with van der Waals surface area (Å²) in [6.07, 6.45) is 0.914. The molecule has 2 aliphatic heterocycles. The molecule has 9 heteroatoms. The van der Waals surface area contributed by atoms with E-state index in [4.69, 9.17) is 9.47 Å². The third-order valence-electron chi connectivity index (χ3n) is 8.56. The Kier molecular flexibility index (Phi) is 5.45. The van der Waals surface area contributed by atoms with Crippen LogP contribution >= 0.6 is 0 Å². The lowest BCUT2D eigenvalue weighted by Crippen LogP contribution is -2.50. The van der Waals surface area contributed by atoms with Crippen molar-refractivity contribution in [1.29, 1.82) is 0 Å². The highest BCUT2D eigenvalue weighted by Gasteiger charge is 2.38. The predicted molar refractivity (Wildman–Crippen MR) is 148 cm³/mol. The highest BCUT2D eigenvalue weighted by Crippen LogP contribution is 2.43. The zero-order valence-electron chi connectivity index (χ0n) is 22.2. The fourth-order valence-corrected chi connectivity index (χ4v) is 6.87. The molecule has 1 saturated heterocycles. The number of aromatic nitrogens is 2. The van der Waals surface area contributed by atoms with Gasteiger partial charge in [0.2, 0.25) is 5.91 Å². The van der Waals surface area contributed by atoms with E-state index in [1.165, 1.54) is 18.8 Å². The van der Waals surface area contributed by atoms with Crippen molar-refractivity contribution in [2.75, 3.05) is 27.3 Å². The largest absolute Gasteiger partial charge is 0.493 e. The van der Waals surface area contributed by atoms with Crippen molar-refractivity contribution in [3.63, 3.8) is 0 Å². The van der Waals surface area contributed by atoms with Gasteiger partial charge in [0.1, 0.15) is 6.54 Å². The van der Waals surface area contributed by atoms with Crippen molar-refractivity contribution >= 4 is 22.5 Å². The maximum Gasteiger partial charge on any atom is 0.263 e. The van der Waals surface area contributed by atoms with Crippen molar-refractivity contribution in [2.24, 2.45) is 5.92 Å². The number of piperidine rings is 1. The summed E-state index contributed by atoms with van der Waals surface area (Å²) < 4.78 is 14.3. The number of ketones is 1.